The van der Waals surface area contributed by atoms with E-state index in [1.54, 1.807) is 11.0 Å². The van der Waals surface area contributed by atoms with Gasteiger partial charge in [-0.2, -0.15) is 0 Å². The minimum atomic E-state index is -4.62. The van der Waals surface area contributed by atoms with Crippen LogP contribution in [0.5, 0.6) is 0 Å². The molecular formula is C18H17BrF2N2O3S. The van der Waals surface area contributed by atoms with Crippen LogP contribution in [0.25, 0.3) is 11.1 Å². The van der Waals surface area contributed by atoms with Crippen molar-refractivity contribution in [2.24, 2.45) is 5.14 Å². The quantitative estimate of drug-likeness (QED) is 0.761. The summed E-state index contributed by atoms with van der Waals surface area (Å²) in [5.41, 5.74) is 0.176. The van der Waals surface area contributed by atoms with Crippen molar-refractivity contribution >= 4 is 31.9 Å². The van der Waals surface area contributed by atoms with E-state index in [4.69, 9.17) is 5.14 Å². The molecule has 2 aromatic carbocycles. The largest absolute Gasteiger partial charge is 0.339 e. The molecule has 1 saturated heterocycles. The average molecular weight is 459 g/mol. The van der Waals surface area contributed by atoms with Gasteiger partial charge < -0.3 is 4.90 Å². The fraction of sp³-hybridized carbons (Fsp3) is 0.278. The molecule has 0 atom stereocenters. The number of sulfonamides is 1. The Balaban J connectivity index is 2.18. The van der Waals surface area contributed by atoms with Gasteiger partial charge in [0.15, 0.2) is 10.7 Å². The molecule has 1 fully saturated rings. The molecule has 0 saturated carbocycles. The number of halogens is 3. The number of nitrogens with zero attached hydrogens (tertiary/aromatic N) is 1. The molecular weight excluding hydrogens is 442 g/mol. The second-order valence-corrected chi connectivity index (χ2v) is 8.74. The average Bonchev–Trinajstić information content (AvgIpc) is 2.61. The molecule has 1 heterocycles. The maximum absolute atomic E-state index is 14.9. The Kier molecular flexibility index (Phi) is 5.64. The van der Waals surface area contributed by atoms with Crippen LogP contribution >= 0.6 is 15.9 Å². The number of carbonyl (C=O) groups excluding carboxylic acids is 1. The smallest absolute Gasteiger partial charge is 0.254 e. The van der Waals surface area contributed by atoms with Gasteiger partial charge in [-0.25, -0.2) is 22.3 Å². The van der Waals surface area contributed by atoms with Crippen LogP contribution in [0.15, 0.2) is 39.7 Å². The van der Waals surface area contributed by atoms with Crippen molar-refractivity contribution < 1.29 is 22.0 Å². The zero-order valence-corrected chi connectivity index (χ0v) is 16.6. The first-order valence-corrected chi connectivity index (χ1v) is 10.6. The van der Waals surface area contributed by atoms with Crippen LogP contribution in [-0.2, 0) is 10.0 Å². The topological polar surface area (TPSA) is 80.5 Å². The molecule has 9 heteroatoms. The molecule has 0 spiro atoms. The normalized spacial score (nSPS) is 15.0. The van der Waals surface area contributed by atoms with Gasteiger partial charge in [0, 0.05) is 28.7 Å². The van der Waals surface area contributed by atoms with Gasteiger partial charge in [-0.1, -0.05) is 15.9 Å². The fourth-order valence-corrected chi connectivity index (χ4v) is 4.26. The Morgan fingerprint density at radius 3 is 2.33 bits per heavy atom. The van der Waals surface area contributed by atoms with Crippen LogP contribution in [0.3, 0.4) is 0 Å². The summed E-state index contributed by atoms with van der Waals surface area (Å²) in [6.45, 7) is 1.20. The van der Waals surface area contributed by atoms with Crippen LogP contribution in [0.4, 0.5) is 8.78 Å². The molecule has 0 aliphatic carbocycles. The van der Waals surface area contributed by atoms with Crippen molar-refractivity contribution in [3.8, 4) is 11.1 Å². The molecule has 144 valence electrons. The Hall–Kier alpha value is -1.84. The van der Waals surface area contributed by atoms with E-state index in [9.17, 15) is 22.0 Å². The lowest BCUT2D eigenvalue weighted by Crippen LogP contribution is -2.35. The molecule has 2 N–H and O–H groups in total. The highest BCUT2D eigenvalue weighted by atomic mass is 79.9. The van der Waals surface area contributed by atoms with E-state index in [0.29, 0.717) is 17.6 Å². The van der Waals surface area contributed by atoms with Gasteiger partial charge in [0.1, 0.15) is 5.82 Å². The first-order valence-electron chi connectivity index (χ1n) is 8.30. The predicted molar refractivity (Wildman–Crippen MR) is 101 cm³/mol. The summed E-state index contributed by atoms with van der Waals surface area (Å²) in [5, 5.41) is 4.96. The van der Waals surface area contributed by atoms with E-state index in [0.717, 1.165) is 31.4 Å². The number of rotatable bonds is 3. The monoisotopic (exact) mass is 458 g/mol. The van der Waals surface area contributed by atoms with Crippen LogP contribution < -0.4 is 5.14 Å². The predicted octanol–water partition coefficient (Wildman–Crippen LogP) is 3.67. The van der Waals surface area contributed by atoms with Gasteiger partial charge in [0.25, 0.3) is 5.91 Å². The Morgan fingerprint density at radius 2 is 1.70 bits per heavy atom. The standard InChI is InChI=1S/C18H17BrF2N2O3S/c19-11-4-5-13(18(24)23-8-2-1-3-9-23)14(10-11)12-6-7-15(20)17(16(12)21)27(22,25)26/h4-7,10H,1-3,8-9H2,(H2,22,25,26). The molecule has 0 radical (unpaired) electrons. The number of nitrogens with two attached hydrogens (primary N) is 1. The Morgan fingerprint density at radius 1 is 1.04 bits per heavy atom. The molecule has 1 amide bonds. The molecule has 3 rings (SSSR count). The second kappa shape index (κ2) is 7.65. The second-order valence-electron chi connectivity index (χ2n) is 6.33. The number of carbonyl (C=O) groups is 1. The van der Waals surface area contributed by atoms with Crippen LogP contribution in [0.1, 0.15) is 29.6 Å². The number of hydrogen-bond donors (Lipinski definition) is 1. The Labute approximate surface area is 164 Å². The minimum Gasteiger partial charge on any atom is -0.339 e. The van der Waals surface area contributed by atoms with Crippen molar-refractivity contribution in [2.45, 2.75) is 24.2 Å². The SMILES string of the molecule is NS(=O)(=O)c1c(F)ccc(-c2cc(Br)ccc2C(=O)N2CCCCC2)c1F. The van der Waals surface area contributed by atoms with Gasteiger partial charge in [-0.3, -0.25) is 4.79 Å². The van der Waals surface area contributed by atoms with Gasteiger partial charge in [-0.05, 0) is 55.2 Å². The molecule has 2 aromatic rings. The minimum absolute atomic E-state index is 0.169. The lowest BCUT2D eigenvalue weighted by Gasteiger charge is -2.27. The first kappa shape index (κ1) is 19.9. The van der Waals surface area contributed by atoms with Gasteiger partial charge in [0.05, 0.1) is 0 Å². The van der Waals surface area contributed by atoms with Gasteiger partial charge in [-0.15, -0.1) is 0 Å². The van der Waals surface area contributed by atoms with E-state index in [1.807, 2.05) is 0 Å². The Bertz CT molecular complexity index is 1010. The third kappa shape index (κ3) is 4.04. The number of hydrogen-bond acceptors (Lipinski definition) is 3. The molecule has 0 bridgehead atoms. The van der Waals surface area contributed by atoms with Gasteiger partial charge in [0.2, 0.25) is 10.0 Å². The summed E-state index contributed by atoms with van der Waals surface area (Å²) in [6.07, 6.45) is 2.82. The van der Waals surface area contributed by atoms with Crippen LogP contribution in [-0.4, -0.2) is 32.3 Å². The number of benzene rings is 2. The number of primary sulfonamides is 1. The van der Waals surface area contributed by atoms with Crippen molar-refractivity contribution in [1.82, 2.24) is 4.90 Å². The number of piperidine rings is 1. The third-order valence-corrected chi connectivity index (χ3v) is 5.92. The highest BCUT2D eigenvalue weighted by Crippen LogP contribution is 2.34. The highest BCUT2D eigenvalue weighted by Gasteiger charge is 2.27. The number of likely N-dealkylation sites (tertiary alicyclic amines) is 1. The fourth-order valence-electron chi connectivity index (χ4n) is 3.19. The van der Waals surface area contributed by atoms with Crippen LogP contribution in [0.2, 0.25) is 0 Å². The van der Waals surface area contributed by atoms with Crippen molar-refractivity contribution in [2.75, 3.05) is 13.1 Å². The summed E-state index contributed by atoms with van der Waals surface area (Å²) < 4.78 is 52.6. The van der Waals surface area contributed by atoms with Gasteiger partial charge >= 0.3 is 0 Å². The third-order valence-electron chi connectivity index (χ3n) is 4.48. The summed E-state index contributed by atoms with van der Waals surface area (Å²) in [6, 6.07) is 6.61. The molecule has 27 heavy (non-hydrogen) atoms. The van der Waals surface area contributed by atoms with Crippen molar-refractivity contribution in [3.63, 3.8) is 0 Å². The zero-order chi connectivity index (χ0) is 19.8. The van der Waals surface area contributed by atoms with E-state index in [2.05, 4.69) is 15.9 Å². The molecule has 0 aromatic heterocycles. The summed E-state index contributed by atoms with van der Waals surface area (Å²) in [7, 11) is -4.62. The number of amides is 1. The molecule has 1 aliphatic heterocycles. The van der Waals surface area contributed by atoms with E-state index in [-0.39, 0.29) is 22.6 Å². The molecule has 5 nitrogen and oxygen atoms in total. The zero-order valence-electron chi connectivity index (χ0n) is 14.2. The molecule has 0 unspecified atom stereocenters. The molecule has 1 aliphatic rings. The van der Waals surface area contributed by atoms with Crippen molar-refractivity contribution in [1.29, 1.82) is 0 Å². The lowest BCUT2D eigenvalue weighted by molar-refractivity contribution is 0.0725. The maximum atomic E-state index is 14.9. The van der Waals surface area contributed by atoms with E-state index in [1.165, 1.54) is 12.1 Å². The highest BCUT2D eigenvalue weighted by molar-refractivity contribution is 9.10. The maximum Gasteiger partial charge on any atom is 0.254 e. The summed E-state index contributed by atoms with van der Waals surface area (Å²) >= 11 is 3.27. The van der Waals surface area contributed by atoms with Crippen molar-refractivity contribution in [3.05, 3.63) is 52.0 Å². The first-order chi connectivity index (χ1) is 12.7. The van der Waals surface area contributed by atoms with Crippen LogP contribution in [0, 0.1) is 11.6 Å². The summed E-state index contributed by atoms with van der Waals surface area (Å²) in [5.74, 6) is -2.88. The van der Waals surface area contributed by atoms with E-state index >= 15 is 0 Å². The van der Waals surface area contributed by atoms with E-state index < -0.39 is 26.6 Å². The summed E-state index contributed by atoms with van der Waals surface area (Å²) in [4.78, 5) is 13.4. The lowest BCUT2D eigenvalue weighted by atomic mass is 9.97.